The van der Waals surface area contributed by atoms with Crippen LogP contribution < -0.4 is 4.74 Å². The highest BCUT2D eigenvalue weighted by Gasteiger charge is 2.61. The third-order valence-electron chi connectivity index (χ3n) is 6.51. The lowest BCUT2D eigenvalue weighted by molar-refractivity contribution is -0.253. The Morgan fingerprint density at radius 3 is 2.41 bits per heavy atom. The minimum atomic E-state index is -1.63. The van der Waals surface area contributed by atoms with E-state index in [2.05, 4.69) is 0 Å². The summed E-state index contributed by atoms with van der Waals surface area (Å²) in [6.07, 6.45) is 1.64. The number of carbonyl (C=O) groups is 2. The molecule has 1 aromatic rings. The Labute approximate surface area is 172 Å². The highest BCUT2D eigenvalue weighted by molar-refractivity contribution is 6.01. The summed E-state index contributed by atoms with van der Waals surface area (Å²) in [6.45, 7) is 8.01. The van der Waals surface area contributed by atoms with Crippen LogP contribution in [0.15, 0.2) is 35.6 Å². The van der Waals surface area contributed by atoms with E-state index in [1.165, 1.54) is 0 Å². The first kappa shape index (κ1) is 20.1. The average molecular weight is 398 g/mol. The van der Waals surface area contributed by atoms with Gasteiger partial charge < -0.3 is 14.6 Å². The third kappa shape index (κ3) is 3.29. The zero-order chi connectivity index (χ0) is 21.2. The van der Waals surface area contributed by atoms with Crippen molar-refractivity contribution in [3.05, 3.63) is 41.2 Å². The normalized spacial score (nSPS) is 32.9. The Morgan fingerprint density at radius 2 is 1.72 bits per heavy atom. The van der Waals surface area contributed by atoms with Crippen molar-refractivity contribution in [3.63, 3.8) is 0 Å². The molecule has 0 saturated heterocycles. The van der Waals surface area contributed by atoms with Crippen molar-refractivity contribution in [2.75, 3.05) is 7.11 Å². The first-order valence-electron chi connectivity index (χ1n) is 10.3. The number of aliphatic hydroxyl groups is 1. The zero-order valence-electron chi connectivity index (χ0n) is 17.9. The molecule has 2 aliphatic carbocycles. The SMILES string of the molecule is COc1ccccc1[C@@H]1C2=C(CC(C)(C)CC2=O)O[C@]2(O)CC(C)(C)CC(=O)[C@H]12. The monoisotopic (exact) mass is 398 g/mol. The van der Waals surface area contributed by atoms with E-state index < -0.39 is 17.6 Å². The van der Waals surface area contributed by atoms with Crippen LogP contribution in [0.1, 0.15) is 64.9 Å². The molecule has 0 aromatic heterocycles. The summed E-state index contributed by atoms with van der Waals surface area (Å²) in [6, 6.07) is 7.46. The summed E-state index contributed by atoms with van der Waals surface area (Å²) in [5.41, 5.74) is 0.672. The second-order valence-electron chi connectivity index (χ2n) is 10.4. The molecule has 156 valence electrons. The fourth-order valence-electron chi connectivity index (χ4n) is 5.59. The predicted molar refractivity (Wildman–Crippen MR) is 108 cm³/mol. The van der Waals surface area contributed by atoms with Crippen molar-refractivity contribution in [3.8, 4) is 5.75 Å². The maximum absolute atomic E-state index is 13.3. The van der Waals surface area contributed by atoms with Crippen molar-refractivity contribution in [2.45, 2.75) is 65.1 Å². The fourth-order valence-corrected chi connectivity index (χ4v) is 5.59. The molecule has 0 radical (unpaired) electrons. The van der Waals surface area contributed by atoms with E-state index in [0.29, 0.717) is 42.8 Å². The van der Waals surface area contributed by atoms with E-state index in [9.17, 15) is 14.7 Å². The van der Waals surface area contributed by atoms with E-state index in [1.54, 1.807) is 7.11 Å². The van der Waals surface area contributed by atoms with Crippen molar-refractivity contribution in [2.24, 2.45) is 16.7 Å². The summed E-state index contributed by atoms with van der Waals surface area (Å²) in [4.78, 5) is 26.6. The van der Waals surface area contributed by atoms with Crippen LogP contribution in [-0.4, -0.2) is 29.6 Å². The first-order chi connectivity index (χ1) is 13.5. The van der Waals surface area contributed by atoms with Gasteiger partial charge in [-0.2, -0.15) is 0 Å². The summed E-state index contributed by atoms with van der Waals surface area (Å²) < 4.78 is 11.7. The molecule has 1 saturated carbocycles. The molecule has 1 aliphatic heterocycles. The topological polar surface area (TPSA) is 72.8 Å². The van der Waals surface area contributed by atoms with E-state index in [1.807, 2.05) is 52.0 Å². The van der Waals surface area contributed by atoms with E-state index in [-0.39, 0.29) is 22.4 Å². The summed E-state index contributed by atoms with van der Waals surface area (Å²) in [7, 11) is 1.58. The van der Waals surface area contributed by atoms with Gasteiger partial charge in [0.25, 0.3) is 0 Å². The van der Waals surface area contributed by atoms with Gasteiger partial charge in [0, 0.05) is 42.7 Å². The van der Waals surface area contributed by atoms with Gasteiger partial charge in [-0.25, -0.2) is 0 Å². The molecule has 0 unspecified atom stereocenters. The maximum Gasteiger partial charge on any atom is 0.218 e. The summed E-state index contributed by atoms with van der Waals surface area (Å²) in [5, 5.41) is 11.7. The number of rotatable bonds is 2. The average Bonchev–Trinajstić information content (AvgIpc) is 2.56. The number of ketones is 2. The molecule has 29 heavy (non-hydrogen) atoms. The van der Waals surface area contributed by atoms with Crippen LogP contribution in [0.3, 0.4) is 0 Å². The lowest BCUT2D eigenvalue weighted by Crippen LogP contribution is -2.58. The van der Waals surface area contributed by atoms with Crippen LogP contribution in [0, 0.1) is 16.7 Å². The van der Waals surface area contributed by atoms with Gasteiger partial charge in [-0.1, -0.05) is 45.9 Å². The number of hydrogen-bond acceptors (Lipinski definition) is 5. The van der Waals surface area contributed by atoms with Crippen LogP contribution >= 0.6 is 0 Å². The van der Waals surface area contributed by atoms with Crippen molar-refractivity contribution < 1.29 is 24.2 Å². The molecule has 0 bridgehead atoms. The van der Waals surface area contributed by atoms with Gasteiger partial charge in [0.05, 0.1) is 13.0 Å². The molecule has 4 rings (SSSR count). The van der Waals surface area contributed by atoms with Crippen LogP contribution in [0.25, 0.3) is 0 Å². The quantitative estimate of drug-likeness (QED) is 0.810. The summed E-state index contributed by atoms with van der Waals surface area (Å²) in [5.74, 6) is -1.94. The number of Topliss-reactive ketones (excluding diaryl/α,β-unsaturated/α-hetero) is 2. The van der Waals surface area contributed by atoms with E-state index >= 15 is 0 Å². The Hall–Kier alpha value is -2.14. The van der Waals surface area contributed by atoms with Gasteiger partial charge in [-0.15, -0.1) is 0 Å². The number of hydrogen-bond donors (Lipinski definition) is 1. The fraction of sp³-hybridized carbons (Fsp3) is 0.583. The Morgan fingerprint density at radius 1 is 1.03 bits per heavy atom. The minimum absolute atomic E-state index is 0.00756. The highest BCUT2D eigenvalue weighted by Crippen LogP contribution is 2.58. The van der Waals surface area contributed by atoms with Crippen LogP contribution in [0.2, 0.25) is 0 Å². The predicted octanol–water partition coefficient (Wildman–Crippen LogP) is 4.15. The van der Waals surface area contributed by atoms with Gasteiger partial charge in [0.1, 0.15) is 17.3 Å². The van der Waals surface area contributed by atoms with Crippen LogP contribution in [0.4, 0.5) is 0 Å². The van der Waals surface area contributed by atoms with E-state index in [0.717, 1.165) is 5.56 Å². The van der Waals surface area contributed by atoms with Crippen LogP contribution in [-0.2, 0) is 14.3 Å². The molecule has 1 N–H and O–H groups in total. The second-order valence-corrected chi connectivity index (χ2v) is 10.4. The molecular weight excluding hydrogens is 368 g/mol. The molecule has 3 atom stereocenters. The molecule has 1 aromatic carbocycles. The van der Waals surface area contributed by atoms with Gasteiger partial charge in [-0.05, 0) is 16.9 Å². The summed E-state index contributed by atoms with van der Waals surface area (Å²) >= 11 is 0. The number of fused-ring (bicyclic) bond motifs is 1. The smallest absolute Gasteiger partial charge is 0.218 e. The Balaban J connectivity index is 1.96. The first-order valence-corrected chi connectivity index (χ1v) is 10.3. The number of methoxy groups -OCH3 is 1. The standard InChI is InChI=1S/C24H30O5/c1-22(2)10-15(25)20-18(12-22)29-24(27)13-23(3,4)11-16(26)21(24)19(20)14-8-6-7-9-17(14)28-5/h6-9,19,21,27H,10-13H2,1-5H3/t19-,21-,24-/m1/s1. The van der Waals surface area contributed by atoms with Gasteiger partial charge >= 0.3 is 0 Å². The highest BCUT2D eigenvalue weighted by atomic mass is 16.6. The zero-order valence-corrected chi connectivity index (χ0v) is 17.9. The third-order valence-corrected chi connectivity index (χ3v) is 6.51. The molecular formula is C24H30O5. The number of para-hydroxylation sites is 1. The van der Waals surface area contributed by atoms with Gasteiger partial charge in [-0.3, -0.25) is 9.59 Å². The Bertz CT molecular complexity index is 910. The number of benzene rings is 1. The maximum atomic E-state index is 13.3. The molecule has 1 heterocycles. The lowest BCUT2D eigenvalue weighted by Gasteiger charge is -2.53. The number of allylic oxidation sites excluding steroid dienone is 2. The second kappa shape index (κ2) is 6.43. The van der Waals surface area contributed by atoms with Crippen molar-refractivity contribution in [1.82, 2.24) is 0 Å². The number of carbonyl (C=O) groups excluding carboxylic acids is 2. The lowest BCUT2D eigenvalue weighted by atomic mass is 9.59. The Kier molecular flexibility index (Phi) is 4.47. The molecule has 5 nitrogen and oxygen atoms in total. The largest absolute Gasteiger partial charge is 0.496 e. The van der Waals surface area contributed by atoms with Gasteiger partial charge in [0.15, 0.2) is 5.78 Å². The van der Waals surface area contributed by atoms with E-state index in [4.69, 9.17) is 9.47 Å². The van der Waals surface area contributed by atoms with Crippen molar-refractivity contribution >= 4 is 11.6 Å². The van der Waals surface area contributed by atoms with Crippen LogP contribution in [0.5, 0.6) is 5.75 Å². The van der Waals surface area contributed by atoms with Crippen molar-refractivity contribution in [1.29, 1.82) is 0 Å². The number of ether oxygens (including phenoxy) is 2. The molecule has 1 fully saturated rings. The molecule has 0 spiro atoms. The minimum Gasteiger partial charge on any atom is -0.496 e. The molecule has 5 heteroatoms. The van der Waals surface area contributed by atoms with Gasteiger partial charge in [0.2, 0.25) is 5.79 Å². The molecule has 0 amide bonds. The molecule has 3 aliphatic rings.